The van der Waals surface area contributed by atoms with Gasteiger partial charge >= 0.3 is 6.09 Å². The topological polar surface area (TPSA) is 67.4 Å². The first-order valence-corrected chi connectivity index (χ1v) is 9.96. The Hall–Kier alpha value is -2.47. The number of carbonyl (C=O) groups excluding carboxylic acids is 2. The fraction of sp³-hybridized carbons (Fsp3) is 0.333. The number of benzene rings is 2. The molecule has 3 rings (SSSR count). The minimum atomic E-state index is -0.416. The number of nitrogens with one attached hydrogen (secondary N) is 2. The van der Waals surface area contributed by atoms with Crippen molar-refractivity contribution in [1.82, 2.24) is 10.6 Å². The van der Waals surface area contributed by atoms with Gasteiger partial charge < -0.3 is 14.8 Å². The van der Waals surface area contributed by atoms with Crippen molar-refractivity contribution in [3.05, 3.63) is 66.2 Å². The van der Waals surface area contributed by atoms with Crippen LogP contribution in [0.2, 0.25) is 0 Å². The summed E-state index contributed by atoms with van der Waals surface area (Å²) in [6.45, 7) is 0. The van der Waals surface area contributed by atoms with Crippen LogP contribution in [0.4, 0.5) is 4.79 Å². The summed E-state index contributed by atoms with van der Waals surface area (Å²) in [5.74, 6) is 0.0521. The van der Waals surface area contributed by atoms with E-state index in [1.807, 2.05) is 60.7 Å². The molecule has 1 saturated carbocycles. The highest BCUT2D eigenvalue weighted by molar-refractivity contribution is 7.95. The van der Waals surface area contributed by atoms with Gasteiger partial charge in [0.2, 0.25) is 5.91 Å². The summed E-state index contributed by atoms with van der Waals surface area (Å²) >= 11 is 1.06. The van der Waals surface area contributed by atoms with E-state index in [1.54, 1.807) is 0 Å². The summed E-state index contributed by atoms with van der Waals surface area (Å²) < 4.78 is 5.19. The van der Waals surface area contributed by atoms with Crippen molar-refractivity contribution in [2.24, 2.45) is 0 Å². The third-order valence-electron chi connectivity index (χ3n) is 4.58. The number of amides is 2. The van der Waals surface area contributed by atoms with Gasteiger partial charge in [-0.25, -0.2) is 4.79 Å². The highest BCUT2D eigenvalue weighted by Crippen LogP contribution is 2.21. The second-order valence-corrected chi connectivity index (χ2v) is 7.49. The average molecular weight is 385 g/mol. The zero-order chi connectivity index (χ0) is 18.9. The van der Waals surface area contributed by atoms with Crippen molar-refractivity contribution >= 4 is 24.0 Å². The normalized spacial score (nSPS) is 19.1. The predicted molar refractivity (Wildman–Crippen MR) is 106 cm³/mol. The van der Waals surface area contributed by atoms with Gasteiger partial charge in [0.1, 0.15) is 0 Å². The van der Waals surface area contributed by atoms with Gasteiger partial charge in [0.05, 0.1) is 18.5 Å². The Morgan fingerprint density at radius 3 is 2.04 bits per heavy atom. The Kier molecular flexibility index (Phi) is 7.16. The predicted octanol–water partition coefficient (Wildman–Crippen LogP) is 4.09. The molecule has 0 unspecified atom stereocenters. The van der Waals surface area contributed by atoms with Crippen molar-refractivity contribution in [2.45, 2.75) is 49.1 Å². The van der Waals surface area contributed by atoms with Crippen LogP contribution in [0.1, 0.15) is 31.2 Å². The molecular weight excluding hydrogens is 360 g/mol. The standard InChI is InChI=1S/C21H24N2O3S/c24-20(15-16-7-3-1-4-8-16)22-17-11-13-18(14-12-17)23-21(25)26-27-19-9-5-2-6-10-19/h1-10,17-18H,11-15H2,(H,22,24)(H,23,25). The summed E-state index contributed by atoms with van der Waals surface area (Å²) in [6.07, 6.45) is 3.37. The number of hydrogen-bond acceptors (Lipinski definition) is 4. The van der Waals surface area contributed by atoms with Gasteiger partial charge in [-0.05, 0) is 43.4 Å². The SMILES string of the molecule is O=C(Cc1ccccc1)NC1CCC(NC(=O)OSc2ccccc2)CC1. The first-order chi connectivity index (χ1) is 13.2. The molecule has 1 fully saturated rings. The summed E-state index contributed by atoms with van der Waals surface area (Å²) in [4.78, 5) is 25.0. The van der Waals surface area contributed by atoms with Gasteiger partial charge in [-0.3, -0.25) is 4.79 Å². The van der Waals surface area contributed by atoms with Gasteiger partial charge in [-0.15, -0.1) is 0 Å². The lowest BCUT2D eigenvalue weighted by Gasteiger charge is -2.29. The zero-order valence-electron chi connectivity index (χ0n) is 15.1. The van der Waals surface area contributed by atoms with E-state index >= 15 is 0 Å². The molecule has 2 aromatic carbocycles. The van der Waals surface area contributed by atoms with Crippen molar-refractivity contribution in [2.75, 3.05) is 0 Å². The smallest absolute Gasteiger partial charge is 0.370 e. The third-order valence-corrected chi connectivity index (χ3v) is 5.28. The molecule has 0 atom stereocenters. The van der Waals surface area contributed by atoms with Crippen molar-refractivity contribution in [3.8, 4) is 0 Å². The van der Waals surface area contributed by atoms with Crippen LogP contribution in [0.5, 0.6) is 0 Å². The van der Waals surface area contributed by atoms with Crippen LogP contribution in [0, 0.1) is 0 Å². The van der Waals surface area contributed by atoms with E-state index < -0.39 is 6.09 Å². The molecule has 2 amide bonds. The van der Waals surface area contributed by atoms with E-state index in [9.17, 15) is 9.59 Å². The number of rotatable bonds is 6. The molecule has 0 aliphatic heterocycles. The van der Waals surface area contributed by atoms with Crippen LogP contribution in [0.3, 0.4) is 0 Å². The number of carbonyl (C=O) groups is 2. The van der Waals surface area contributed by atoms with Gasteiger partial charge in [0.15, 0.2) is 0 Å². The quantitative estimate of drug-likeness (QED) is 0.736. The Balaban J connectivity index is 1.33. The van der Waals surface area contributed by atoms with Crippen molar-refractivity contribution in [3.63, 3.8) is 0 Å². The summed E-state index contributed by atoms with van der Waals surface area (Å²) in [7, 11) is 0. The molecular formula is C21H24N2O3S. The van der Waals surface area contributed by atoms with E-state index in [-0.39, 0.29) is 18.0 Å². The molecule has 0 spiro atoms. The molecule has 0 bridgehead atoms. The molecule has 2 aromatic rings. The fourth-order valence-electron chi connectivity index (χ4n) is 3.19. The van der Waals surface area contributed by atoms with Gasteiger partial charge in [0.25, 0.3) is 0 Å². The molecule has 0 radical (unpaired) electrons. The molecule has 2 N–H and O–H groups in total. The Bertz CT molecular complexity index is 732. The van der Waals surface area contributed by atoms with Crippen LogP contribution in [-0.2, 0) is 15.4 Å². The maximum Gasteiger partial charge on any atom is 0.419 e. The lowest BCUT2D eigenvalue weighted by Crippen LogP contribution is -2.44. The van der Waals surface area contributed by atoms with Crippen molar-refractivity contribution in [1.29, 1.82) is 0 Å². The van der Waals surface area contributed by atoms with Crippen LogP contribution < -0.4 is 10.6 Å². The first kappa shape index (κ1) is 19.3. The van der Waals surface area contributed by atoms with Gasteiger partial charge in [-0.1, -0.05) is 48.5 Å². The molecule has 0 heterocycles. The van der Waals surface area contributed by atoms with Crippen LogP contribution in [0.25, 0.3) is 0 Å². The first-order valence-electron chi connectivity index (χ1n) is 9.22. The molecule has 0 aromatic heterocycles. The molecule has 0 saturated heterocycles. The Morgan fingerprint density at radius 1 is 0.852 bits per heavy atom. The Morgan fingerprint density at radius 2 is 1.41 bits per heavy atom. The summed E-state index contributed by atoms with van der Waals surface area (Å²) in [5, 5.41) is 6.01. The minimum Gasteiger partial charge on any atom is -0.370 e. The monoisotopic (exact) mass is 384 g/mol. The highest BCUT2D eigenvalue weighted by atomic mass is 32.2. The second-order valence-electron chi connectivity index (χ2n) is 6.69. The Labute approximate surface area is 164 Å². The van der Waals surface area contributed by atoms with E-state index in [0.717, 1.165) is 48.2 Å². The molecule has 27 heavy (non-hydrogen) atoms. The van der Waals surface area contributed by atoms with E-state index in [0.29, 0.717) is 6.42 Å². The third kappa shape index (κ3) is 6.64. The van der Waals surface area contributed by atoms with Crippen molar-refractivity contribution < 1.29 is 13.8 Å². The van der Waals surface area contributed by atoms with Crippen LogP contribution in [-0.4, -0.2) is 24.1 Å². The van der Waals surface area contributed by atoms with E-state index in [2.05, 4.69) is 10.6 Å². The van der Waals surface area contributed by atoms with Crippen LogP contribution in [0.15, 0.2) is 65.6 Å². The van der Waals surface area contributed by atoms with Crippen LogP contribution >= 0.6 is 12.0 Å². The maximum atomic E-state index is 12.2. The summed E-state index contributed by atoms with van der Waals surface area (Å²) in [5.41, 5.74) is 1.02. The second kappa shape index (κ2) is 10.0. The molecule has 1 aliphatic rings. The molecule has 1 aliphatic carbocycles. The lowest BCUT2D eigenvalue weighted by molar-refractivity contribution is -0.121. The average Bonchev–Trinajstić information content (AvgIpc) is 2.69. The van der Waals surface area contributed by atoms with Gasteiger partial charge in [-0.2, -0.15) is 0 Å². The summed E-state index contributed by atoms with van der Waals surface area (Å²) in [6, 6.07) is 19.5. The van der Waals surface area contributed by atoms with E-state index in [4.69, 9.17) is 4.18 Å². The number of hydrogen-bond donors (Lipinski definition) is 2. The van der Waals surface area contributed by atoms with E-state index in [1.165, 1.54) is 0 Å². The minimum absolute atomic E-state index is 0.0521. The van der Waals surface area contributed by atoms with Gasteiger partial charge in [0, 0.05) is 17.0 Å². The maximum absolute atomic E-state index is 12.2. The zero-order valence-corrected chi connectivity index (χ0v) is 15.9. The highest BCUT2D eigenvalue weighted by Gasteiger charge is 2.24. The lowest BCUT2D eigenvalue weighted by atomic mass is 9.91. The molecule has 5 nitrogen and oxygen atoms in total. The molecule has 142 valence electrons. The molecule has 6 heteroatoms. The largest absolute Gasteiger partial charge is 0.419 e. The fourth-order valence-corrected chi connectivity index (χ4v) is 3.68.